The standard InChI is InChI=1S/C28H26ClN5O2S/c1-15-4-10-20(11-5-15)32-27-23(28(35)34-13-16(2)36-17(3)14-34)24-25(37-27)22(21(12-30)26(31)33-24)18-6-8-19(29)9-7-18/h4-11,16-17,32H,13-14H2,1-3H3,(H2,31,33). The van der Waals surface area contributed by atoms with Gasteiger partial charge < -0.3 is 20.7 Å². The summed E-state index contributed by atoms with van der Waals surface area (Å²) in [7, 11) is 0. The summed E-state index contributed by atoms with van der Waals surface area (Å²) in [6.45, 7) is 6.89. The van der Waals surface area contributed by atoms with Gasteiger partial charge in [0.1, 0.15) is 28.0 Å². The molecule has 0 aliphatic carbocycles. The van der Waals surface area contributed by atoms with E-state index in [1.165, 1.54) is 11.3 Å². The van der Waals surface area contributed by atoms with Crippen molar-refractivity contribution in [3.05, 3.63) is 70.2 Å². The Bertz CT molecular complexity index is 1520. The van der Waals surface area contributed by atoms with E-state index in [9.17, 15) is 10.1 Å². The van der Waals surface area contributed by atoms with E-state index in [1.54, 1.807) is 17.0 Å². The zero-order valence-electron chi connectivity index (χ0n) is 20.7. The fourth-order valence-electron chi connectivity index (χ4n) is 4.68. The maximum atomic E-state index is 14.1. The molecular weight excluding hydrogens is 506 g/mol. The molecule has 0 bridgehead atoms. The van der Waals surface area contributed by atoms with Crippen molar-refractivity contribution < 1.29 is 9.53 Å². The third-order valence-electron chi connectivity index (χ3n) is 6.32. The fourth-order valence-corrected chi connectivity index (χ4v) is 6.03. The van der Waals surface area contributed by atoms with Gasteiger partial charge in [-0.2, -0.15) is 5.26 Å². The van der Waals surface area contributed by atoms with E-state index >= 15 is 0 Å². The Labute approximate surface area is 224 Å². The number of hydrogen-bond acceptors (Lipinski definition) is 7. The van der Waals surface area contributed by atoms with Gasteiger partial charge in [-0.15, -0.1) is 11.3 Å². The Balaban J connectivity index is 1.75. The van der Waals surface area contributed by atoms with Crippen LogP contribution in [0.1, 0.15) is 35.3 Å². The molecule has 2 unspecified atom stereocenters. The summed E-state index contributed by atoms with van der Waals surface area (Å²) in [5, 5.41) is 14.6. The molecule has 2 aromatic carbocycles. The molecule has 2 atom stereocenters. The summed E-state index contributed by atoms with van der Waals surface area (Å²) >= 11 is 7.52. The Hall–Kier alpha value is -3.64. The van der Waals surface area contributed by atoms with Gasteiger partial charge in [0.2, 0.25) is 0 Å². The molecule has 5 rings (SSSR count). The molecule has 0 radical (unpaired) electrons. The molecule has 2 aromatic heterocycles. The van der Waals surface area contributed by atoms with Crippen molar-refractivity contribution in [3.8, 4) is 17.2 Å². The Kier molecular flexibility index (Phi) is 6.78. The van der Waals surface area contributed by atoms with E-state index in [0.717, 1.165) is 16.8 Å². The number of halogens is 1. The lowest BCUT2D eigenvalue weighted by Crippen LogP contribution is -2.48. The topological polar surface area (TPSA) is 104 Å². The van der Waals surface area contributed by atoms with Crippen LogP contribution < -0.4 is 11.1 Å². The Morgan fingerprint density at radius 1 is 1.16 bits per heavy atom. The van der Waals surface area contributed by atoms with Crippen LogP contribution in [0.2, 0.25) is 5.02 Å². The highest BCUT2D eigenvalue weighted by molar-refractivity contribution is 7.24. The molecule has 4 aromatic rings. The number of benzene rings is 2. The Morgan fingerprint density at radius 2 is 1.81 bits per heavy atom. The molecule has 3 N–H and O–H groups in total. The van der Waals surface area contributed by atoms with Crippen LogP contribution >= 0.6 is 22.9 Å². The normalized spacial score (nSPS) is 17.5. The number of nitrogens with two attached hydrogens (primary N) is 1. The summed E-state index contributed by atoms with van der Waals surface area (Å²) in [6, 6.07) is 17.4. The zero-order valence-corrected chi connectivity index (χ0v) is 22.3. The fraction of sp³-hybridized carbons (Fsp3) is 0.250. The van der Waals surface area contributed by atoms with Crippen LogP contribution in [0.3, 0.4) is 0 Å². The van der Waals surface area contributed by atoms with Gasteiger partial charge in [-0.25, -0.2) is 4.98 Å². The number of carbonyl (C=O) groups excluding carboxylic acids is 1. The number of anilines is 3. The minimum absolute atomic E-state index is 0.0809. The zero-order chi connectivity index (χ0) is 26.3. The number of amides is 1. The molecule has 0 saturated carbocycles. The highest BCUT2D eigenvalue weighted by Gasteiger charge is 2.32. The van der Waals surface area contributed by atoms with Crippen LogP contribution in [0, 0.1) is 18.3 Å². The second kappa shape index (κ2) is 10.0. The first-order valence-electron chi connectivity index (χ1n) is 12.0. The Morgan fingerprint density at radius 3 is 2.43 bits per heavy atom. The maximum Gasteiger partial charge on any atom is 0.259 e. The molecule has 9 heteroatoms. The molecule has 1 aliphatic heterocycles. The van der Waals surface area contributed by atoms with Gasteiger partial charge in [-0.05, 0) is 50.6 Å². The number of nitriles is 1. The van der Waals surface area contributed by atoms with Crippen molar-refractivity contribution in [2.75, 3.05) is 24.1 Å². The maximum absolute atomic E-state index is 14.1. The van der Waals surface area contributed by atoms with E-state index in [-0.39, 0.29) is 29.5 Å². The lowest BCUT2D eigenvalue weighted by atomic mass is 9.99. The third kappa shape index (κ3) is 4.86. The van der Waals surface area contributed by atoms with Crippen molar-refractivity contribution in [2.45, 2.75) is 33.0 Å². The van der Waals surface area contributed by atoms with Crippen LogP contribution in [0.15, 0.2) is 48.5 Å². The summed E-state index contributed by atoms with van der Waals surface area (Å²) in [4.78, 5) is 20.5. The van der Waals surface area contributed by atoms with Crippen molar-refractivity contribution in [1.82, 2.24) is 9.88 Å². The summed E-state index contributed by atoms with van der Waals surface area (Å²) < 4.78 is 6.56. The highest BCUT2D eigenvalue weighted by Crippen LogP contribution is 2.45. The molecule has 3 heterocycles. The first kappa shape index (κ1) is 25.0. The molecule has 1 saturated heterocycles. The number of ether oxygens (including phenoxy) is 1. The minimum Gasteiger partial charge on any atom is -0.383 e. The average molecular weight is 532 g/mol. The van der Waals surface area contributed by atoms with Crippen molar-refractivity contribution in [2.24, 2.45) is 0 Å². The third-order valence-corrected chi connectivity index (χ3v) is 7.69. The first-order valence-corrected chi connectivity index (χ1v) is 13.1. The number of nitrogens with zero attached hydrogens (tertiary/aromatic N) is 3. The molecule has 0 spiro atoms. The first-order chi connectivity index (χ1) is 17.7. The van der Waals surface area contributed by atoms with Crippen molar-refractivity contribution in [1.29, 1.82) is 5.26 Å². The summed E-state index contributed by atoms with van der Waals surface area (Å²) in [5.74, 6) is -0.0704. The van der Waals surface area contributed by atoms with Crippen molar-refractivity contribution >= 4 is 55.6 Å². The summed E-state index contributed by atoms with van der Waals surface area (Å²) in [6.07, 6.45) is -0.169. The molecule has 7 nitrogen and oxygen atoms in total. The van der Waals surface area contributed by atoms with E-state index < -0.39 is 0 Å². The van der Waals surface area contributed by atoms with Gasteiger partial charge in [-0.1, -0.05) is 41.4 Å². The second-order valence-corrected chi connectivity index (χ2v) is 10.8. The smallest absolute Gasteiger partial charge is 0.259 e. The number of rotatable bonds is 4. The quantitative estimate of drug-likeness (QED) is 0.317. The van der Waals surface area contributed by atoms with Gasteiger partial charge in [-0.3, -0.25) is 4.79 Å². The largest absolute Gasteiger partial charge is 0.383 e. The molecular formula is C28H26ClN5O2S. The lowest BCUT2D eigenvalue weighted by molar-refractivity contribution is -0.0585. The van der Waals surface area contributed by atoms with E-state index in [4.69, 9.17) is 22.1 Å². The molecule has 188 valence electrons. The van der Waals surface area contributed by atoms with Crippen LogP contribution in [0.4, 0.5) is 16.5 Å². The van der Waals surface area contributed by atoms with E-state index in [0.29, 0.717) is 44.5 Å². The SMILES string of the molecule is Cc1ccc(Nc2sc3c(-c4ccc(Cl)cc4)c(C#N)c(N)nc3c2C(=O)N2CC(C)OC(C)C2)cc1. The van der Waals surface area contributed by atoms with Gasteiger partial charge in [0.25, 0.3) is 5.91 Å². The number of aryl methyl sites for hydroxylation is 1. The monoisotopic (exact) mass is 531 g/mol. The molecule has 1 fully saturated rings. The number of aromatic nitrogens is 1. The second-order valence-electron chi connectivity index (χ2n) is 9.31. The van der Waals surface area contributed by atoms with Crippen molar-refractivity contribution in [3.63, 3.8) is 0 Å². The van der Waals surface area contributed by atoms with Gasteiger partial charge >= 0.3 is 0 Å². The van der Waals surface area contributed by atoms with Gasteiger partial charge in [0, 0.05) is 29.4 Å². The number of pyridine rings is 1. The predicted octanol–water partition coefficient (Wildman–Crippen LogP) is 6.37. The number of nitrogens with one attached hydrogen (secondary N) is 1. The lowest BCUT2D eigenvalue weighted by Gasteiger charge is -2.35. The number of carbonyl (C=O) groups is 1. The number of fused-ring (bicyclic) bond motifs is 1. The van der Waals surface area contributed by atoms with E-state index in [1.807, 2.05) is 57.2 Å². The predicted molar refractivity (Wildman–Crippen MR) is 150 cm³/mol. The van der Waals surface area contributed by atoms with Crippen LogP contribution in [-0.4, -0.2) is 41.1 Å². The highest BCUT2D eigenvalue weighted by atomic mass is 35.5. The van der Waals surface area contributed by atoms with Crippen LogP contribution in [0.25, 0.3) is 21.3 Å². The minimum atomic E-state index is -0.151. The number of nitrogen functional groups attached to an aromatic ring is 1. The van der Waals surface area contributed by atoms with E-state index in [2.05, 4.69) is 16.4 Å². The number of morpholine rings is 1. The molecule has 1 amide bonds. The molecule has 1 aliphatic rings. The van der Waals surface area contributed by atoms with Gasteiger partial charge in [0.05, 0.1) is 22.4 Å². The van der Waals surface area contributed by atoms with Gasteiger partial charge in [0.15, 0.2) is 0 Å². The average Bonchev–Trinajstić information content (AvgIpc) is 3.21. The summed E-state index contributed by atoms with van der Waals surface area (Å²) in [5.41, 5.74) is 10.9. The number of thiophene rings is 1. The molecule has 37 heavy (non-hydrogen) atoms. The number of hydrogen-bond donors (Lipinski definition) is 2. The van der Waals surface area contributed by atoms with Crippen LogP contribution in [-0.2, 0) is 4.74 Å². The van der Waals surface area contributed by atoms with Crippen LogP contribution in [0.5, 0.6) is 0 Å².